The average Bonchev–Trinajstić information content (AvgIpc) is 1.89. The normalized spacial score (nSPS) is 12.4. The molecule has 0 saturated heterocycles. The van der Waals surface area contributed by atoms with Gasteiger partial charge in [0.25, 0.3) is 0 Å². The standard InChI is InChI=1S/C9H14/c1-4-6-7-8-9(3)5-2/h5-8H,2,4H2,1,3H3. The van der Waals surface area contributed by atoms with E-state index in [1.54, 1.807) is 0 Å². The van der Waals surface area contributed by atoms with Crippen LogP contribution < -0.4 is 0 Å². The summed E-state index contributed by atoms with van der Waals surface area (Å²) < 4.78 is 0. The van der Waals surface area contributed by atoms with Gasteiger partial charge in [0.05, 0.1) is 0 Å². The van der Waals surface area contributed by atoms with Crippen LogP contribution in [-0.2, 0) is 0 Å². The Bertz CT molecular complexity index is 127. The summed E-state index contributed by atoms with van der Waals surface area (Å²) >= 11 is 0. The Morgan fingerprint density at radius 2 is 2.22 bits per heavy atom. The Morgan fingerprint density at radius 3 is 2.67 bits per heavy atom. The van der Waals surface area contributed by atoms with E-state index >= 15 is 0 Å². The minimum atomic E-state index is 1.10. The van der Waals surface area contributed by atoms with Crippen molar-refractivity contribution in [3.63, 3.8) is 0 Å². The fourth-order valence-electron chi connectivity index (χ4n) is 0.424. The summed E-state index contributed by atoms with van der Waals surface area (Å²) in [5.74, 6) is 0. The van der Waals surface area contributed by atoms with Gasteiger partial charge in [0.2, 0.25) is 0 Å². The van der Waals surface area contributed by atoms with Gasteiger partial charge < -0.3 is 0 Å². The molecule has 0 bridgehead atoms. The lowest BCUT2D eigenvalue weighted by Crippen LogP contribution is -1.61. The summed E-state index contributed by atoms with van der Waals surface area (Å²) in [6, 6.07) is 0. The third-order valence-corrected chi connectivity index (χ3v) is 1.05. The van der Waals surface area contributed by atoms with Crippen LogP contribution >= 0.6 is 0 Å². The quantitative estimate of drug-likeness (QED) is 0.504. The molecule has 9 heavy (non-hydrogen) atoms. The second-order valence-corrected chi connectivity index (χ2v) is 1.95. The number of rotatable bonds is 3. The topological polar surface area (TPSA) is 0 Å². The Labute approximate surface area is 57.6 Å². The Morgan fingerprint density at radius 1 is 1.56 bits per heavy atom. The summed E-state index contributed by atoms with van der Waals surface area (Å²) in [6.07, 6.45) is 9.17. The molecule has 0 aliphatic rings. The lowest BCUT2D eigenvalue weighted by molar-refractivity contribution is 1.22. The molecule has 0 aromatic carbocycles. The molecule has 0 amide bonds. The SMILES string of the molecule is C=CC(C)=CC=CCC. The van der Waals surface area contributed by atoms with Crippen LogP contribution in [0.5, 0.6) is 0 Å². The molecule has 0 aromatic heterocycles. The van der Waals surface area contributed by atoms with Gasteiger partial charge in [-0.25, -0.2) is 0 Å². The van der Waals surface area contributed by atoms with E-state index in [4.69, 9.17) is 0 Å². The molecule has 0 unspecified atom stereocenters. The van der Waals surface area contributed by atoms with Gasteiger partial charge in [-0.1, -0.05) is 43.4 Å². The van der Waals surface area contributed by atoms with Crippen LogP contribution in [0.15, 0.2) is 36.5 Å². The van der Waals surface area contributed by atoms with Gasteiger partial charge in [-0.2, -0.15) is 0 Å². The highest BCUT2D eigenvalue weighted by molar-refractivity contribution is 5.19. The fraction of sp³-hybridized carbons (Fsp3) is 0.333. The van der Waals surface area contributed by atoms with E-state index < -0.39 is 0 Å². The van der Waals surface area contributed by atoms with Crippen LogP contribution in [0, 0.1) is 0 Å². The molecule has 0 spiro atoms. The molecule has 0 saturated carbocycles. The van der Waals surface area contributed by atoms with Crippen molar-refractivity contribution in [2.75, 3.05) is 0 Å². The van der Waals surface area contributed by atoms with Gasteiger partial charge in [-0.3, -0.25) is 0 Å². The molecule has 0 heteroatoms. The van der Waals surface area contributed by atoms with Crippen molar-refractivity contribution in [1.82, 2.24) is 0 Å². The molecule has 0 atom stereocenters. The van der Waals surface area contributed by atoms with E-state index in [-0.39, 0.29) is 0 Å². The maximum absolute atomic E-state index is 3.64. The van der Waals surface area contributed by atoms with Gasteiger partial charge in [-0.05, 0) is 13.3 Å². The molecule has 50 valence electrons. The highest BCUT2D eigenvalue weighted by Gasteiger charge is 1.71. The van der Waals surface area contributed by atoms with Crippen molar-refractivity contribution in [2.24, 2.45) is 0 Å². The largest absolute Gasteiger partial charge is 0.0988 e. The lowest BCUT2D eigenvalue weighted by atomic mass is 10.2. The molecule has 0 aliphatic carbocycles. The molecule has 0 nitrogen and oxygen atoms in total. The Hall–Kier alpha value is -0.780. The number of hydrogen-bond donors (Lipinski definition) is 0. The van der Waals surface area contributed by atoms with Crippen LogP contribution in [0.25, 0.3) is 0 Å². The number of hydrogen-bond acceptors (Lipinski definition) is 0. The van der Waals surface area contributed by atoms with Gasteiger partial charge in [-0.15, -0.1) is 0 Å². The van der Waals surface area contributed by atoms with Gasteiger partial charge in [0, 0.05) is 0 Å². The van der Waals surface area contributed by atoms with E-state index in [2.05, 4.69) is 31.7 Å². The van der Waals surface area contributed by atoms with Crippen LogP contribution in [0.2, 0.25) is 0 Å². The first-order valence-electron chi connectivity index (χ1n) is 3.27. The van der Waals surface area contributed by atoms with Crippen LogP contribution in [-0.4, -0.2) is 0 Å². The van der Waals surface area contributed by atoms with E-state index in [1.165, 1.54) is 5.57 Å². The highest BCUT2D eigenvalue weighted by Crippen LogP contribution is 1.92. The van der Waals surface area contributed by atoms with Gasteiger partial charge >= 0.3 is 0 Å². The third kappa shape index (κ3) is 5.09. The minimum Gasteiger partial charge on any atom is -0.0988 e. The maximum Gasteiger partial charge on any atom is -0.0376 e. The van der Waals surface area contributed by atoms with E-state index in [0.717, 1.165) is 6.42 Å². The zero-order valence-electron chi connectivity index (χ0n) is 6.22. The lowest BCUT2D eigenvalue weighted by Gasteiger charge is -1.82. The second-order valence-electron chi connectivity index (χ2n) is 1.95. The first-order chi connectivity index (χ1) is 4.31. The summed E-state index contributed by atoms with van der Waals surface area (Å²) in [7, 11) is 0. The van der Waals surface area contributed by atoms with E-state index in [9.17, 15) is 0 Å². The first kappa shape index (κ1) is 8.22. The molecular formula is C9H14. The van der Waals surface area contributed by atoms with E-state index in [0.29, 0.717) is 0 Å². The number of allylic oxidation sites excluding steroid dienone is 5. The fourth-order valence-corrected chi connectivity index (χ4v) is 0.424. The van der Waals surface area contributed by atoms with Crippen molar-refractivity contribution >= 4 is 0 Å². The second kappa shape index (κ2) is 5.36. The molecule has 0 aliphatic heterocycles. The van der Waals surface area contributed by atoms with Crippen molar-refractivity contribution < 1.29 is 0 Å². The summed E-state index contributed by atoms with van der Waals surface area (Å²) in [6.45, 7) is 7.79. The summed E-state index contributed by atoms with van der Waals surface area (Å²) in [4.78, 5) is 0. The first-order valence-corrected chi connectivity index (χ1v) is 3.27. The van der Waals surface area contributed by atoms with Crippen molar-refractivity contribution in [2.45, 2.75) is 20.3 Å². The molecule has 0 fully saturated rings. The molecule has 0 rings (SSSR count). The molecular weight excluding hydrogens is 108 g/mol. The third-order valence-electron chi connectivity index (χ3n) is 1.05. The zero-order valence-corrected chi connectivity index (χ0v) is 6.22. The Kier molecular flexibility index (Phi) is 4.89. The molecule has 0 N–H and O–H groups in total. The monoisotopic (exact) mass is 122 g/mol. The van der Waals surface area contributed by atoms with Crippen LogP contribution in [0.4, 0.5) is 0 Å². The van der Waals surface area contributed by atoms with E-state index in [1.807, 2.05) is 13.0 Å². The van der Waals surface area contributed by atoms with Crippen LogP contribution in [0.3, 0.4) is 0 Å². The zero-order chi connectivity index (χ0) is 7.11. The summed E-state index contributed by atoms with van der Waals surface area (Å²) in [5, 5.41) is 0. The van der Waals surface area contributed by atoms with Crippen molar-refractivity contribution in [3.8, 4) is 0 Å². The predicted molar refractivity (Wildman–Crippen MR) is 43.4 cm³/mol. The average molecular weight is 122 g/mol. The smallest absolute Gasteiger partial charge is 0.0376 e. The van der Waals surface area contributed by atoms with Crippen LogP contribution in [0.1, 0.15) is 20.3 Å². The molecule has 0 aromatic rings. The predicted octanol–water partition coefficient (Wildman–Crippen LogP) is 3.08. The highest BCUT2D eigenvalue weighted by atomic mass is 13.8. The van der Waals surface area contributed by atoms with Gasteiger partial charge in [0.15, 0.2) is 0 Å². The van der Waals surface area contributed by atoms with Crippen molar-refractivity contribution in [3.05, 3.63) is 36.5 Å². The Balaban J connectivity index is 3.68. The molecule has 0 radical (unpaired) electrons. The molecule has 0 heterocycles. The minimum absolute atomic E-state index is 1.10. The van der Waals surface area contributed by atoms with Gasteiger partial charge in [0.1, 0.15) is 0 Å². The summed E-state index contributed by atoms with van der Waals surface area (Å²) in [5.41, 5.74) is 1.21. The van der Waals surface area contributed by atoms with Crippen molar-refractivity contribution in [1.29, 1.82) is 0 Å². The maximum atomic E-state index is 3.64.